The van der Waals surface area contributed by atoms with E-state index in [1.165, 1.54) is 0 Å². The first-order valence-corrected chi connectivity index (χ1v) is 5.15. The molecule has 5 nitrogen and oxygen atoms in total. The van der Waals surface area contributed by atoms with E-state index in [4.69, 9.17) is 8.19 Å². The van der Waals surface area contributed by atoms with Crippen molar-refractivity contribution in [3.8, 4) is 0 Å². The molecule has 0 spiro atoms. The van der Waals surface area contributed by atoms with Crippen LogP contribution in [0.25, 0.3) is 0 Å². The van der Waals surface area contributed by atoms with Crippen molar-refractivity contribution in [2.24, 2.45) is 5.73 Å². The van der Waals surface area contributed by atoms with Crippen molar-refractivity contribution in [2.45, 2.75) is 0 Å². The summed E-state index contributed by atoms with van der Waals surface area (Å²) >= 11 is -5.08. The summed E-state index contributed by atoms with van der Waals surface area (Å²) in [4.78, 5) is 9.97. The quantitative estimate of drug-likeness (QED) is 0.408. The summed E-state index contributed by atoms with van der Waals surface area (Å²) in [6, 6.07) is 0. The Bertz CT molecular complexity index is 137. The minimum atomic E-state index is -5.08. The molecule has 0 atom stereocenters. The summed E-state index contributed by atoms with van der Waals surface area (Å²) in [6.45, 7) is -0.580. The molecule has 0 unspecified atom stereocenters. The van der Waals surface area contributed by atoms with Crippen LogP contribution in [0, 0.1) is 0 Å². The normalized spacial score (nSPS) is 11.4. The van der Waals surface area contributed by atoms with Crippen LogP contribution in [0.5, 0.6) is 0 Å². The van der Waals surface area contributed by atoms with Gasteiger partial charge in [-0.25, -0.2) is 0 Å². The van der Waals surface area contributed by atoms with E-state index in [1.807, 2.05) is 0 Å². The van der Waals surface area contributed by atoms with Crippen LogP contribution in [-0.4, -0.2) is 33.5 Å². The zero-order valence-corrected chi connectivity index (χ0v) is 5.82. The van der Waals surface area contributed by atoms with E-state index in [1.54, 1.807) is 0 Å². The van der Waals surface area contributed by atoms with E-state index in [9.17, 15) is 8.53 Å². The third kappa shape index (κ3) is 2.28. The Hall–Kier alpha value is -0.0916. The first kappa shape index (κ1) is 7.91. The van der Waals surface area contributed by atoms with Gasteiger partial charge in [0.2, 0.25) is 0 Å². The third-order valence-electron chi connectivity index (χ3n) is 0.500. The number of hydrogen-bond acceptors (Lipinski definition) is 3. The molecule has 0 rings (SSSR count). The van der Waals surface area contributed by atoms with Crippen LogP contribution in [0.3, 0.4) is 0 Å². The molecule has 0 aliphatic carbocycles. The summed E-state index contributed by atoms with van der Waals surface area (Å²) < 4.78 is 24.8. The number of nitrogens with two attached hydrogens (primary N) is 1. The fourth-order valence-electron chi connectivity index (χ4n) is 0.119. The zero-order chi connectivity index (χ0) is 6.78. The molecule has 0 saturated heterocycles. The number of carbonyl (C=O) groups is 1. The van der Waals surface area contributed by atoms with Gasteiger partial charge in [-0.15, -0.1) is 0 Å². The van der Waals surface area contributed by atoms with Crippen molar-refractivity contribution in [3.05, 3.63) is 0 Å². The van der Waals surface area contributed by atoms with Gasteiger partial charge in [0.05, 0.1) is 0 Å². The first-order valence-electron chi connectivity index (χ1n) is 1.77. The van der Waals surface area contributed by atoms with Gasteiger partial charge >= 0.3 is 47.7 Å². The van der Waals surface area contributed by atoms with E-state index in [2.05, 4.69) is 5.73 Å². The van der Waals surface area contributed by atoms with Crippen molar-refractivity contribution in [1.82, 2.24) is 0 Å². The molecule has 0 bridgehead atoms. The van der Waals surface area contributed by atoms with Gasteiger partial charge < -0.3 is 0 Å². The van der Waals surface area contributed by atoms with Gasteiger partial charge in [-0.2, -0.15) is 0 Å². The minimum absolute atomic E-state index is 0.580. The summed E-state index contributed by atoms with van der Waals surface area (Å²) in [5.74, 6) is 0. The van der Waals surface area contributed by atoms with Crippen molar-refractivity contribution in [1.29, 1.82) is 0 Å². The second-order valence-electron chi connectivity index (χ2n) is 1.14. The summed E-state index contributed by atoms with van der Waals surface area (Å²) in [5.41, 5.74) is 4.63. The Morgan fingerprint density at radius 3 is 2.00 bits per heavy atom. The van der Waals surface area contributed by atoms with Gasteiger partial charge in [0.1, 0.15) is 0 Å². The van der Waals surface area contributed by atoms with Gasteiger partial charge in [0.15, 0.2) is 0 Å². The average molecular weight is 183 g/mol. The Kier molecular flexibility index (Phi) is 2.43. The van der Waals surface area contributed by atoms with Crippen LogP contribution < -0.4 is 5.73 Å². The summed E-state index contributed by atoms with van der Waals surface area (Å²) in [7, 11) is 0. The molecule has 0 saturated carbocycles. The molecule has 0 aliphatic rings. The van der Waals surface area contributed by atoms with E-state index in [0.29, 0.717) is 0 Å². The Morgan fingerprint density at radius 1 is 1.62 bits per heavy atom. The molecule has 0 radical (unpaired) electrons. The van der Waals surface area contributed by atoms with Crippen LogP contribution in [-0.2, 0) is 8.53 Å². The standard InChI is InChI=1S/C2H6AsNO4/c4-1-2(5)3(6,7)8/h1,4H2,(H2,6,7,8). The van der Waals surface area contributed by atoms with Crippen LogP contribution >= 0.6 is 0 Å². The number of hydrogen-bond donors (Lipinski definition) is 3. The first-order chi connectivity index (χ1) is 3.48. The molecule has 0 fully saturated rings. The SMILES string of the molecule is NCC(=O)[As](=O)(O)O. The van der Waals surface area contributed by atoms with Crippen molar-refractivity contribution < 1.29 is 16.7 Å². The van der Waals surface area contributed by atoms with E-state index >= 15 is 0 Å². The maximum atomic E-state index is 9.97. The van der Waals surface area contributed by atoms with Crippen LogP contribution in [0.2, 0.25) is 0 Å². The van der Waals surface area contributed by atoms with Gasteiger partial charge in [-0.1, -0.05) is 0 Å². The molecule has 4 N–H and O–H groups in total. The zero-order valence-electron chi connectivity index (χ0n) is 3.94. The molecular formula is C2H6AsNO4. The van der Waals surface area contributed by atoms with Gasteiger partial charge in [-0.3, -0.25) is 0 Å². The molecule has 48 valence electrons. The van der Waals surface area contributed by atoms with E-state index in [-0.39, 0.29) is 0 Å². The summed E-state index contributed by atoms with van der Waals surface area (Å²) in [5, 5.41) is 0. The van der Waals surface area contributed by atoms with Crippen molar-refractivity contribution in [3.63, 3.8) is 0 Å². The second-order valence-corrected chi connectivity index (χ2v) is 4.47. The molecule has 0 heterocycles. The topological polar surface area (TPSA) is 101 Å². The molecule has 0 aliphatic heterocycles. The maximum absolute atomic E-state index is 9.97. The van der Waals surface area contributed by atoms with Gasteiger partial charge in [0, 0.05) is 0 Å². The summed E-state index contributed by atoms with van der Waals surface area (Å²) in [6.07, 6.45) is 0. The van der Waals surface area contributed by atoms with Crippen LogP contribution in [0.15, 0.2) is 0 Å². The average Bonchev–Trinajstić information content (AvgIpc) is 1.62. The predicted octanol–water partition coefficient (Wildman–Crippen LogP) is -2.59. The predicted molar refractivity (Wildman–Crippen MR) is 24.9 cm³/mol. The molecule has 0 amide bonds. The van der Waals surface area contributed by atoms with Crippen molar-refractivity contribution >= 4 is 18.7 Å². The number of carbonyl (C=O) groups excluding carboxylic acids is 1. The molecule has 0 aromatic heterocycles. The number of rotatable bonds is 2. The molecule has 6 heteroatoms. The Morgan fingerprint density at radius 2 is 2.00 bits per heavy atom. The third-order valence-corrected chi connectivity index (χ3v) is 2.25. The molecule has 0 aromatic rings. The fraction of sp³-hybridized carbons (Fsp3) is 0.500. The fourth-order valence-corrected chi connectivity index (χ4v) is 0.618. The van der Waals surface area contributed by atoms with Gasteiger partial charge in [0.25, 0.3) is 0 Å². The van der Waals surface area contributed by atoms with Crippen LogP contribution in [0.4, 0.5) is 0 Å². The monoisotopic (exact) mass is 183 g/mol. The van der Waals surface area contributed by atoms with Gasteiger partial charge in [-0.05, 0) is 0 Å². The molecular weight excluding hydrogens is 177 g/mol. The Balaban J connectivity index is 4.04. The molecule has 8 heavy (non-hydrogen) atoms. The van der Waals surface area contributed by atoms with Crippen molar-refractivity contribution in [2.75, 3.05) is 6.54 Å². The van der Waals surface area contributed by atoms with Crippen LogP contribution in [0.1, 0.15) is 0 Å². The Labute approximate surface area is 48.5 Å². The second kappa shape index (κ2) is 2.46. The van der Waals surface area contributed by atoms with E-state index in [0.717, 1.165) is 0 Å². The molecule has 0 aromatic carbocycles. The van der Waals surface area contributed by atoms with E-state index < -0.39 is 25.3 Å².